The van der Waals surface area contributed by atoms with Gasteiger partial charge in [-0.15, -0.1) is 0 Å². The summed E-state index contributed by atoms with van der Waals surface area (Å²) in [6.07, 6.45) is 6.35. The van der Waals surface area contributed by atoms with E-state index in [-0.39, 0.29) is 17.2 Å². The number of furan rings is 1. The molecular weight excluding hydrogens is 586 g/mol. The van der Waals surface area contributed by atoms with Crippen LogP contribution in [0.3, 0.4) is 0 Å². The number of aryl methyl sites for hydroxylation is 1. The second-order valence-electron chi connectivity index (χ2n) is 11.3. The van der Waals surface area contributed by atoms with Gasteiger partial charge in [0.1, 0.15) is 6.33 Å². The minimum atomic E-state index is -0.368. The quantitative estimate of drug-likeness (QED) is 0.114. The minimum Gasteiger partial charge on any atom is -0.462 e. The van der Waals surface area contributed by atoms with Gasteiger partial charge in [0.2, 0.25) is 11.2 Å². The van der Waals surface area contributed by atoms with Crippen LogP contribution in [0.4, 0.5) is 11.5 Å². The van der Waals surface area contributed by atoms with E-state index in [4.69, 9.17) is 20.8 Å². The highest BCUT2D eigenvalue weighted by Gasteiger charge is 2.27. The van der Waals surface area contributed by atoms with Crippen molar-refractivity contribution in [2.24, 2.45) is 0 Å². The predicted octanol–water partition coefficient (Wildman–Crippen LogP) is 8.56. The molecule has 1 aliphatic rings. The fraction of sp³-hybridized carbons (Fsp3) is 0.167. The highest BCUT2D eigenvalue weighted by molar-refractivity contribution is 6.28. The van der Waals surface area contributed by atoms with E-state index in [2.05, 4.69) is 74.9 Å². The van der Waals surface area contributed by atoms with Gasteiger partial charge in [-0.2, -0.15) is 9.97 Å². The lowest BCUT2D eigenvalue weighted by atomic mass is 9.78. The monoisotopic (exact) mass is 613 g/mol. The Kier molecular flexibility index (Phi) is 6.72. The number of aromatic nitrogens is 4. The molecule has 1 atom stereocenters. The van der Waals surface area contributed by atoms with Gasteiger partial charge >= 0.3 is 5.97 Å². The first-order valence-electron chi connectivity index (χ1n) is 15.0. The number of fused-ring (bicyclic) bond motifs is 6. The molecule has 0 aliphatic heterocycles. The molecule has 3 heterocycles. The van der Waals surface area contributed by atoms with Gasteiger partial charge in [-0.3, -0.25) is 4.57 Å². The molecule has 9 heteroatoms. The number of halogens is 1. The highest BCUT2D eigenvalue weighted by Crippen LogP contribution is 2.41. The largest absolute Gasteiger partial charge is 0.462 e. The van der Waals surface area contributed by atoms with Gasteiger partial charge < -0.3 is 14.5 Å². The summed E-state index contributed by atoms with van der Waals surface area (Å²) in [5.41, 5.74) is 6.19. The van der Waals surface area contributed by atoms with E-state index >= 15 is 0 Å². The summed E-state index contributed by atoms with van der Waals surface area (Å²) in [6.45, 7) is 2.10. The third-order valence-corrected chi connectivity index (χ3v) is 8.88. The second-order valence-corrected chi connectivity index (χ2v) is 11.6. The number of nitrogens with zero attached hydrogens (tertiary/aromatic N) is 4. The van der Waals surface area contributed by atoms with Crippen LogP contribution < -0.4 is 5.32 Å². The van der Waals surface area contributed by atoms with Gasteiger partial charge in [-0.1, -0.05) is 48.5 Å². The van der Waals surface area contributed by atoms with Crippen molar-refractivity contribution in [3.05, 3.63) is 119 Å². The van der Waals surface area contributed by atoms with Crippen LogP contribution in [0.25, 0.3) is 38.6 Å². The number of carbonyl (C=O) groups is 1. The standard InChI is InChI=1S/C36H28ClN5O3/c1-2-44-35(43)23-9-13-25(14-10-23)39-32-31-33(41-36(37)40-32)42(20-38-31)34-27(17-18-45-34)24-8-7-22-12-15-28-26-6-4-3-5-21(26)11-16-29(28)30(22)19-24/h3-6,9-18,20,24H,2,7-8,19H2,1H3,(H,39,40,41). The highest BCUT2D eigenvalue weighted by atomic mass is 35.5. The molecule has 8 rings (SSSR count). The number of nitrogens with one attached hydrogen (secondary N) is 1. The van der Waals surface area contributed by atoms with Crippen LogP contribution in [0.5, 0.6) is 0 Å². The Labute approximate surface area is 263 Å². The molecule has 222 valence electrons. The Balaban J connectivity index is 1.13. The zero-order chi connectivity index (χ0) is 30.5. The zero-order valence-electron chi connectivity index (χ0n) is 24.5. The third kappa shape index (κ3) is 4.78. The van der Waals surface area contributed by atoms with Crippen LogP contribution in [0.1, 0.15) is 46.3 Å². The van der Waals surface area contributed by atoms with Crippen LogP contribution in [0.2, 0.25) is 5.28 Å². The van der Waals surface area contributed by atoms with Crippen LogP contribution in [0, 0.1) is 0 Å². The molecule has 1 aliphatic carbocycles. The average Bonchev–Trinajstić information content (AvgIpc) is 3.72. The molecule has 4 aromatic carbocycles. The summed E-state index contributed by atoms with van der Waals surface area (Å²) in [6, 6.07) is 26.7. The number of imidazole rings is 1. The van der Waals surface area contributed by atoms with E-state index in [0.717, 1.165) is 24.8 Å². The Morgan fingerprint density at radius 2 is 1.84 bits per heavy atom. The first kappa shape index (κ1) is 27.3. The van der Waals surface area contributed by atoms with E-state index in [1.165, 1.54) is 32.7 Å². The van der Waals surface area contributed by atoms with Gasteiger partial charge in [0.25, 0.3) is 0 Å². The molecule has 0 amide bonds. The summed E-state index contributed by atoms with van der Waals surface area (Å²) >= 11 is 6.43. The maximum absolute atomic E-state index is 12.1. The maximum Gasteiger partial charge on any atom is 0.338 e. The molecule has 7 aromatic rings. The second kappa shape index (κ2) is 11.1. The van der Waals surface area contributed by atoms with E-state index in [9.17, 15) is 4.79 Å². The molecule has 0 saturated heterocycles. The number of ether oxygens (including phenoxy) is 1. The maximum atomic E-state index is 12.1. The number of benzene rings is 4. The van der Waals surface area contributed by atoms with Gasteiger partial charge in [0.15, 0.2) is 17.0 Å². The minimum absolute atomic E-state index is 0.0771. The van der Waals surface area contributed by atoms with Crippen molar-refractivity contribution in [2.75, 3.05) is 11.9 Å². The van der Waals surface area contributed by atoms with Crippen molar-refractivity contribution in [1.29, 1.82) is 0 Å². The Morgan fingerprint density at radius 1 is 1.00 bits per heavy atom. The van der Waals surface area contributed by atoms with Crippen molar-refractivity contribution < 1.29 is 13.9 Å². The average molecular weight is 614 g/mol. The lowest BCUT2D eigenvalue weighted by Gasteiger charge is -2.26. The number of hydrogen-bond acceptors (Lipinski definition) is 7. The summed E-state index contributed by atoms with van der Waals surface area (Å²) < 4.78 is 13.0. The van der Waals surface area contributed by atoms with Crippen LogP contribution >= 0.6 is 11.6 Å². The molecule has 0 bridgehead atoms. The predicted molar refractivity (Wildman–Crippen MR) is 176 cm³/mol. The first-order valence-corrected chi connectivity index (χ1v) is 15.4. The van der Waals surface area contributed by atoms with Crippen molar-refractivity contribution in [2.45, 2.75) is 32.1 Å². The topological polar surface area (TPSA) is 95.1 Å². The molecule has 0 saturated carbocycles. The molecule has 0 radical (unpaired) electrons. The van der Waals surface area contributed by atoms with E-state index < -0.39 is 0 Å². The molecule has 1 unspecified atom stereocenters. The van der Waals surface area contributed by atoms with E-state index in [0.29, 0.717) is 40.7 Å². The van der Waals surface area contributed by atoms with Crippen LogP contribution in [-0.2, 0) is 17.6 Å². The number of esters is 1. The van der Waals surface area contributed by atoms with Crippen molar-refractivity contribution in [3.63, 3.8) is 0 Å². The Hall–Kier alpha value is -5.21. The lowest BCUT2D eigenvalue weighted by Crippen LogP contribution is -2.14. The summed E-state index contributed by atoms with van der Waals surface area (Å²) in [5, 5.41) is 8.50. The van der Waals surface area contributed by atoms with E-state index in [1.54, 1.807) is 43.8 Å². The Morgan fingerprint density at radius 3 is 2.71 bits per heavy atom. The smallest absolute Gasteiger partial charge is 0.338 e. The lowest BCUT2D eigenvalue weighted by molar-refractivity contribution is 0.0526. The third-order valence-electron chi connectivity index (χ3n) is 8.71. The van der Waals surface area contributed by atoms with Crippen molar-refractivity contribution in [3.8, 4) is 5.88 Å². The Bertz CT molecular complexity index is 2240. The number of rotatable bonds is 6. The summed E-state index contributed by atoms with van der Waals surface area (Å²) in [7, 11) is 0. The molecule has 8 nitrogen and oxygen atoms in total. The van der Waals surface area contributed by atoms with Crippen molar-refractivity contribution in [1.82, 2.24) is 19.5 Å². The fourth-order valence-electron chi connectivity index (χ4n) is 6.58. The molecule has 45 heavy (non-hydrogen) atoms. The van der Waals surface area contributed by atoms with Crippen LogP contribution in [0.15, 0.2) is 95.9 Å². The van der Waals surface area contributed by atoms with Gasteiger partial charge in [-0.25, -0.2) is 9.78 Å². The SMILES string of the molecule is CCOC(=O)c1ccc(Nc2nc(Cl)nc3c2ncn3-c2occc2C2CCc3ccc4c(ccc5ccccc54)c3C2)cc1. The summed E-state index contributed by atoms with van der Waals surface area (Å²) in [4.78, 5) is 25.7. The van der Waals surface area contributed by atoms with E-state index in [1.807, 2.05) is 4.57 Å². The molecule has 1 N–H and O–H groups in total. The van der Waals surface area contributed by atoms with Crippen molar-refractivity contribution >= 4 is 61.8 Å². The fourth-order valence-corrected chi connectivity index (χ4v) is 6.75. The van der Waals surface area contributed by atoms with Gasteiger partial charge in [0, 0.05) is 11.3 Å². The zero-order valence-corrected chi connectivity index (χ0v) is 25.2. The van der Waals surface area contributed by atoms with Gasteiger partial charge in [0.05, 0.1) is 18.4 Å². The molecular formula is C36H28ClN5O3. The number of hydrogen-bond donors (Lipinski definition) is 1. The molecule has 3 aromatic heterocycles. The number of carbonyl (C=O) groups excluding carboxylic acids is 1. The normalized spacial score (nSPS) is 14.6. The summed E-state index contributed by atoms with van der Waals surface area (Å²) in [5.74, 6) is 1.02. The first-order chi connectivity index (χ1) is 22.1. The van der Waals surface area contributed by atoms with Crippen LogP contribution in [-0.4, -0.2) is 32.1 Å². The molecule has 0 spiro atoms. The number of anilines is 2. The molecule has 0 fully saturated rings. The van der Waals surface area contributed by atoms with Gasteiger partial charge in [-0.05, 0) is 107 Å².